The summed E-state index contributed by atoms with van der Waals surface area (Å²) in [5.41, 5.74) is 2.25. The van der Waals surface area contributed by atoms with Crippen LogP contribution >= 0.6 is 0 Å². The van der Waals surface area contributed by atoms with E-state index in [9.17, 15) is 4.39 Å². The number of halogens is 1. The first-order chi connectivity index (χ1) is 7.29. The van der Waals surface area contributed by atoms with Crippen molar-refractivity contribution in [3.8, 4) is 0 Å². The second kappa shape index (κ2) is 4.04. The SMILES string of the molecule is O/C=C(\F)Cc1ccc2nccnc2c1. The summed E-state index contributed by atoms with van der Waals surface area (Å²) >= 11 is 0. The Morgan fingerprint density at radius 3 is 2.73 bits per heavy atom. The van der Waals surface area contributed by atoms with Crippen LogP contribution in [0.2, 0.25) is 0 Å². The molecule has 0 fully saturated rings. The van der Waals surface area contributed by atoms with Crippen molar-refractivity contribution in [1.29, 1.82) is 0 Å². The zero-order valence-corrected chi connectivity index (χ0v) is 7.89. The number of aliphatic hydroxyl groups is 1. The van der Waals surface area contributed by atoms with E-state index in [0.717, 1.165) is 16.6 Å². The van der Waals surface area contributed by atoms with E-state index in [0.29, 0.717) is 6.26 Å². The molecule has 76 valence electrons. The molecule has 1 aromatic carbocycles. The van der Waals surface area contributed by atoms with Crippen LogP contribution in [0.1, 0.15) is 5.56 Å². The molecule has 0 saturated heterocycles. The Hall–Kier alpha value is -1.97. The van der Waals surface area contributed by atoms with Gasteiger partial charge in [-0.15, -0.1) is 0 Å². The zero-order valence-electron chi connectivity index (χ0n) is 7.89. The van der Waals surface area contributed by atoms with Crippen LogP contribution in [0.4, 0.5) is 4.39 Å². The molecule has 0 aliphatic heterocycles. The van der Waals surface area contributed by atoms with E-state index in [1.54, 1.807) is 30.6 Å². The maximum absolute atomic E-state index is 12.8. The molecule has 0 aliphatic carbocycles. The minimum absolute atomic E-state index is 0.0724. The van der Waals surface area contributed by atoms with Gasteiger partial charge in [-0.1, -0.05) is 6.07 Å². The number of fused-ring (bicyclic) bond motifs is 1. The van der Waals surface area contributed by atoms with Gasteiger partial charge in [-0.25, -0.2) is 4.39 Å². The molecule has 1 N–H and O–H groups in total. The molecule has 2 aromatic rings. The van der Waals surface area contributed by atoms with Crippen molar-refractivity contribution in [3.63, 3.8) is 0 Å². The number of hydrogen-bond acceptors (Lipinski definition) is 3. The van der Waals surface area contributed by atoms with Gasteiger partial charge in [0, 0.05) is 18.8 Å². The summed E-state index contributed by atoms with van der Waals surface area (Å²) in [5, 5.41) is 8.44. The lowest BCUT2D eigenvalue weighted by Crippen LogP contribution is -1.88. The molecule has 2 rings (SSSR count). The van der Waals surface area contributed by atoms with Crippen molar-refractivity contribution in [2.24, 2.45) is 0 Å². The van der Waals surface area contributed by atoms with Gasteiger partial charge in [-0.3, -0.25) is 9.97 Å². The zero-order chi connectivity index (χ0) is 10.7. The van der Waals surface area contributed by atoms with Crippen LogP contribution in [0, 0.1) is 0 Å². The van der Waals surface area contributed by atoms with Crippen molar-refractivity contribution in [2.75, 3.05) is 0 Å². The fraction of sp³-hybridized carbons (Fsp3) is 0.0909. The van der Waals surface area contributed by atoms with Crippen LogP contribution in [-0.4, -0.2) is 15.1 Å². The highest BCUT2D eigenvalue weighted by Crippen LogP contribution is 2.14. The van der Waals surface area contributed by atoms with Crippen LogP contribution < -0.4 is 0 Å². The van der Waals surface area contributed by atoms with Crippen molar-refractivity contribution in [3.05, 3.63) is 48.2 Å². The van der Waals surface area contributed by atoms with Crippen LogP contribution in [-0.2, 0) is 6.42 Å². The van der Waals surface area contributed by atoms with E-state index in [-0.39, 0.29) is 6.42 Å². The maximum atomic E-state index is 12.8. The average Bonchev–Trinajstić information content (AvgIpc) is 2.29. The van der Waals surface area contributed by atoms with Gasteiger partial charge >= 0.3 is 0 Å². The highest BCUT2D eigenvalue weighted by atomic mass is 19.1. The molecule has 0 unspecified atom stereocenters. The third kappa shape index (κ3) is 2.10. The Kier molecular flexibility index (Phi) is 2.58. The number of aromatic nitrogens is 2. The fourth-order valence-corrected chi connectivity index (χ4v) is 1.36. The van der Waals surface area contributed by atoms with Crippen molar-refractivity contribution >= 4 is 11.0 Å². The normalized spacial score (nSPS) is 11.9. The number of nitrogens with zero attached hydrogens (tertiary/aromatic N) is 2. The van der Waals surface area contributed by atoms with Crippen molar-refractivity contribution in [1.82, 2.24) is 9.97 Å². The molecule has 0 atom stereocenters. The summed E-state index contributed by atoms with van der Waals surface area (Å²) in [6, 6.07) is 5.30. The molecule has 0 aliphatic rings. The van der Waals surface area contributed by atoms with Crippen molar-refractivity contribution < 1.29 is 9.50 Å². The van der Waals surface area contributed by atoms with Crippen LogP contribution in [0.5, 0.6) is 0 Å². The summed E-state index contributed by atoms with van der Waals surface area (Å²) in [4.78, 5) is 8.21. The number of hydrogen-bond donors (Lipinski definition) is 1. The molecular weight excluding hydrogens is 195 g/mol. The summed E-state index contributed by atoms with van der Waals surface area (Å²) in [6.45, 7) is 0. The first-order valence-electron chi connectivity index (χ1n) is 4.48. The predicted octanol–water partition coefficient (Wildman–Crippen LogP) is 2.54. The molecule has 1 heterocycles. The number of benzene rings is 1. The highest BCUT2D eigenvalue weighted by molar-refractivity contribution is 5.74. The van der Waals surface area contributed by atoms with E-state index < -0.39 is 5.83 Å². The summed E-state index contributed by atoms with van der Waals surface area (Å²) in [7, 11) is 0. The first-order valence-corrected chi connectivity index (χ1v) is 4.48. The smallest absolute Gasteiger partial charge is 0.138 e. The largest absolute Gasteiger partial charge is 0.513 e. The van der Waals surface area contributed by atoms with Gasteiger partial charge in [-0.05, 0) is 17.7 Å². The van der Waals surface area contributed by atoms with Crippen LogP contribution in [0.3, 0.4) is 0 Å². The summed E-state index contributed by atoms with van der Waals surface area (Å²) < 4.78 is 12.8. The third-order valence-corrected chi connectivity index (χ3v) is 2.05. The summed E-state index contributed by atoms with van der Waals surface area (Å²) in [6.07, 6.45) is 3.74. The summed E-state index contributed by atoms with van der Waals surface area (Å²) in [5.74, 6) is -0.571. The first kappa shape index (κ1) is 9.58. The molecule has 4 heteroatoms. The van der Waals surface area contributed by atoms with E-state index in [2.05, 4.69) is 9.97 Å². The molecule has 0 radical (unpaired) electrons. The Bertz CT molecular complexity index is 511. The topological polar surface area (TPSA) is 46.0 Å². The Balaban J connectivity index is 2.39. The van der Waals surface area contributed by atoms with Gasteiger partial charge < -0.3 is 5.11 Å². The Morgan fingerprint density at radius 1 is 1.27 bits per heavy atom. The monoisotopic (exact) mass is 204 g/mol. The quantitative estimate of drug-likeness (QED) is 0.764. The number of rotatable bonds is 2. The van der Waals surface area contributed by atoms with E-state index in [4.69, 9.17) is 5.11 Å². The van der Waals surface area contributed by atoms with Gasteiger partial charge in [0.15, 0.2) is 0 Å². The standard InChI is InChI=1S/C11H9FN2O/c12-9(7-15)5-8-1-2-10-11(6-8)14-4-3-13-10/h1-4,6-7,15H,5H2/b9-7-. The molecule has 0 bridgehead atoms. The maximum Gasteiger partial charge on any atom is 0.138 e. The second-order valence-electron chi connectivity index (χ2n) is 3.13. The van der Waals surface area contributed by atoms with Gasteiger partial charge in [-0.2, -0.15) is 0 Å². The second-order valence-corrected chi connectivity index (χ2v) is 3.13. The van der Waals surface area contributed by atoms with Gasteiger partial charge in [0.1, 0.15) is 12.1 Å². The van der Waals surface area contributed by atoms with E-state index in [1.807, 2.05) is 0 Å². The van der Waals surface area contributed by atoms with Crippen LogP contribution in [0.25, 0.3) is 11.0 Å². The lowest BCUT2D eigenvalue weighted by atomic mass is 10.1. The number of aliphatic hydroxyl groups excluding tert-OH is 1. The molecule has 15 heavy (non-hydrogen) atoms. The van der Waals surface area contributed by atoms with Gasteiger partial charge in [0.2, 0.25) is 0 Å². The Morgan fingerprint density at radius 2 is 2.00 bits per heavy atom. The molecule has 1 aromatic heterocycles. The minimum atomic E-state index is -0.571. The van der Waals surface area contributed by atoms with Crippen LogP contribution in [0.15, 0.2) is 42.7 Å². The van der Waals surface area contributed by atoms with E-state index in [1.165, 1.54) is 0 Å². The van der Waals surface area contributed by atoms with Crippen molar-refractivity contribution in [2.45, 2.75) is 6.42 Å². The lowest BCUT2D eigenvalue weighted by molar-refractivity contribution is 0.435. The molecular formula is C11H9FN2O. The molecule has 0 spiro atoms. The van der Waals surface area contributed by atoms with E-state index >= 15 is 0 Å². The Labute approximate surface area is 85.9 Å². The number of allylic oxidation sites excluding steroid dienone is 1. The van der Waals surface area contributed by atoms with Gasteiger partial charge in [0.25, 0.3) is 0 Å². The van der Waals surface area contributed by atoms with Gasteiger partial charge in [0.05, 0.1) is 11.0 Å². The lowest BCUT2D eigenvalue weighted by Gasteiger charge is -2.00. The fourth-order valence-electron chi connectivity index (χ4n) is 1.36. The molecule has 3 nitrogen and oxygen atoms in total. The average molecular weight is 204 g/mol. The predicted molar refractivity (Wildman–Crippen MR) is 55.1 cm³/mol. The highest BCUT2D eigenvalue weighted by Gasteiger charge is 2.01. The minimum Gasteiger partial charge on any atom is -0.513 e. The molecule has 0 saturated carbocycles. The molecule has 0 amide bonds. The third-order valence-electron chi connectivity index (χ3n) is 2.05.